The number of hydrogen-bond donors (Lipinski definition) is 0. The summed E-state index contributed by atoms with van der Waals surface area (Å²) in [7, 11) is -3.64. The lowest BCUT2D eigenvalue weighted by Crippen LogP contribution is -2.18. The Balaban J connectivity index is 1.65. The zero-order valence-corrected chi connectivity index (χ0v) is 17.0. The molecule has 0 fully saturated rings. The fourth-order valence-corrected chi connectivity index (χ4v) is 4.45. The second-order valence-corrected chi connectivity index (χ2v) is 9.03. The quantitative estimate of drug-likeness (QED) is 0.542. The predicted octanol–water partition coefficient (Wildman–Crippen LogP) is 4.42. The highest BCUT2D eigenvalue weighted by Crippen LogP contribution is 2.29. The van der Waals surface area contributed by atoms with Crippen LogP contribution in [0.5, 0.6) is 0 Å². The van der Waals surface area contributed by atoms with Crippen molar-refractivity contribution in [2.24, 2.45) is 0 Å². The average Bonchev–Trinajstić information content (AvgIpc) is 3.00. The van der Waals surface area contributed by atoms with E-state index in [0.29, 0.717) is 28.5 Å². The monoisotopic (exact) mass is 417 g/mol. The Labute approximate surface area is 169 Å². The topological polar surface area (TPSA) is 77.2 Å². The molecule has 0 spiro atoms. The Hall–Kier alpha value is -2.44. The molecule has 0 aliphatic carbocycles. The molecule has 0 saturated heterocycles. The van der Waals surface area contributed by atoms with Crippen molar-refractivity contribution in [2.45, 2.75) is 25.5 Å². The summed E-state index contributed by atoms with van der Waals surface area (Å²) < 4.78 is 30.5. The minimum absolute atomic E-state index is 0.186. The number of ketones is 1. The van der Waals surface area contributed by atoms with Crippen LogP contribution in [-0.4, -0.2) is 24.9 Å². The van der Waals surface area contributed by atoms with Crippen molar-refractivity contribution in [3.05, 3.63) is 76.6 Å². The Morgan fingerprint density at radius 3 is 2.46 bits per heavy atom. The molecule has 0 atom stereocenters. The maximum Gasteiger partial charge on any atom is 0.228 e. The van der Waals surface area contributed by atoms with Gasteiger partial charge in [0.05, 0.1) is 22.0 Å². The number of halogens is 1. The summed E-state index contributed by atoms with van der Waals surface area (Å²) in [5.41, 5.74) is 1.89. The number of nitrogens with zero attached hydrogens (tertiary/aromatic N) is 1. The van der Waals surface area contributed by atoms with Crippen LogP contribution >= 0.6 is 11.6 Å². The molecule has 0 unspecified atom stereocenters. The van der Waals surface area contributed by atoms with E-state index in [-0.39, 0.29) is 23.8 Å². The maximum atomic E-state index is 12.5. The number of benzene rings is 2. The normalized spacial score (nSPS) is 11.5. The van der Waals surface area contributed by atoms with Gasteiger partial charge >= 0.3 is 0 Å². The number of carbonyl (C=O) groups excluding carboxylic acids is 1. The van der Waals surface area contributed by atoms with Crippen molar-refractivity contribution < 1.29 is 17.6 Å². The highest BCUT2D eigenvalue weighted by molar-refractivity contribution is 7.91. The number of rotatable bonds is 8. The van der Waals surface area contributed by atoms with Crippen LogP contribution in [0.15, 0.2) is 59.0 Å². The molecule has 5 nitrogen and oxygen atoms in total. The molecular formula is C21H20ClNO4S. The van der Waals surface area contributed by atoms with Crippen LogP contribution in [-0.2, 0) is 26.8 Å². The third-order valence-corrected chi connectivity index (χ3v) is 6.07. The van der Waals surface area contributed by atoms with Gasteiger partial charge in [0.25, 0.3) is 0 Å². The van der Waals surface area contributed by atoms with Crippen LogP contribution in [0.2, 0.25) is 5.02 Å². The van der Waals surface area contributed by atoms with E-state index in [4.69, 9.17) is 16.0 Å². The summed E-state index contributed by atoms with van der Waals surface area (Å²) in [5.74, 6) is -0.493. The maximum absolute atomic E-state index is 12.5. The summed E-state index contributed by atoms with van der Waals surface area (Å²) in [5, 5.41) is 0.467. The Morgan fingerprint density at radius 1 is 1.07 bits per heavy atom. The van der Waals surface area contributed by atoms with Crippen LogP contribution in [0.3, 0.4) is 0 Å². The number of carbonyl (C=O) groups is 1. The van der Waals surface area contributed by atoms with Gasteiger partial charge in [-0.05, 0) is 31.0 Å². The molecule has 0 bridgehead atoms. The molecular weight excluding hydrogens is 398 g/mol. The minimum atomic E-state index is -3.64. The highest BCUT2D eigenvalue weighted by Gasteiger charge is 2.22. The van der Waals surface area contributed by atoms with Gasteiger partial charge in [0.1, 0.15) is 17.3 Å². The Bertz CT molecular complexity index is 1070. The number of hydrogen-bond acceptors (Lipinski definition) is 5. The average molecular weight is 418 g/mol. The van der Waals surface area contributed by atoms with Crippen molar-refractivity contribution in [1.82, 2.24) is 4.98 Å². The second kappa shape index (κ2) is 8.71. The summed E-state index contributed by atoms with van der Waals surface area (Å²) >= 11 is 6.14. The first-order valence-corrected chi connectivity index (χ1v) is 11.0. The van der Waals surface area contributed by atoms with E-state index < -0.39 is 15.6 Å². The van der Waals surface area contributed by atoms with E-state index >= 15 is 0 Å². The summed E-state index contributed by atoms with van der Waals surface area (Å²) in [4.78, 5) is 16.4. The van der Waals surface area contributed by atoms with Gasteiger partial charge < -0.3 is 4.42 Å². The van der Waals surface area contributed by atoms with Gasteiger partial charge in [-0.3, -0.25) is 4.79 Å². The second-order valence-electron chi connectivity index (χ2n) is 6.56. The van der Waals surface area contributed by atoms with Crippen LogP contribution in [0, 0.1) is 6.92 Å². The lowest BCUT2D eigenvalue weighted by molar-refractivity contribution is -0.116. The molecule has 3 rings (SSSR count). The van der Waals surface area contributed by atoms with E-state index in [1.807, 2.05) is 30.3 Å². The number of aromatic nitrogens is 1. The van der Waals surface area contributed by atoms with Crippen LogP contribution in [0.4, 0.5) is 0 Å². The largest absolute Gasteiger partial charge is 0.441 e. The zero-order valence-electron chi connectivity index (χ0n) is 15.4. The van der Waals surface area contributed by atoms with Gasteiger partial charge in [0, 0.05) is 6.42 Å². The van der Waals surface area contributed by atoms with Gasteiger partial charge in [-0.2, -0.15) is 0 Å². The number of oxazole rings is 1. The highest BCUT2D eigenvalue weighted by atomic mass is 35.5. The third-order valence-electron chi connectivity index (χ3n) is 4.27. The molecule has 28 heavy (non-hydrogen) atoms. The van der Waals surface area contributed by atoms with Crippen molar-refractivity contribution in [3.8, 4) is 11.5 Å². The standard InChI is InChI=1S/C21H20ClNO4S/c1-15-20(23-21(27-15)18-9-5-6-10-19(18)22)14-28(25,26)13-17(24)12-11-16-7-3-2-4-8-16/h2-10H,11-14H2,1H3. The molecule has 0 saturated carbocycles. The number of sulfone groups is 1. The van der Waals surface area contributed by atoms with Gasteiger partial charge in [-0.15, -0.1) is 0 Å². The first-order valence-electron chi connectivity index (χ1n) is 8.81. The minimum Gasteiger partial charge on any atom is -0.441 e. The lowest BCUT2D eigenvalue weighted by Gasteiger charge is -2.03. The molecule has 0 aliphatic rings. The van der Waals surface area contributed by atoms with Crippen molar-refractivity contribution >= 4 is 27.2 Å². The van der Waals surface area contributed by atoms with E-state index in [2.05, 4.69) is 4.98 Å². The Morgan fingerprint density at radius 2 is 1.75 bits per heavy atom. The molecule has 1 heterocycles. The molecule has 0 radical (unpaired) electrons. The van der Waals surface area contributed by atoms with E-state index in [1.165, 1.54) is 0 Å². The summed E-state index contributed by atoms with van der Waals surface area (Å²) in [6, 6.07) is 16.5. The fourth-order valence-electron chi connectivity index (χ4n) is 2.82. The van der Waals surface area contributed by atoms with Gasteiger partial charge in [0.15, 0.2) is 9.84 Å². The molecule has 2 aromatic carbocycles. The van der Waals surface area contributed by atoms with Crippen LogP contribution in [0.25, 0.3) is 11.5 Å². The smallest absolute Gasteiger partial charge is 0.228 e. The van der Waals surface area contributed by atoms with Gasteiger partial charge in [0.2, 0.25) is 5.89 Å². The molecule has 0 amide bonds. The summed E-state index contributed by atoms with van der Waals surface area (Å²) in [6.07, 6.45) is 0.709. The van der Waals surface area contributed by atoms with E-state index in [0.717, 1.165) is 5.56 Å². The molecule has 7 heteroatoms. The first-order chi connectivity index (χ1) is 13.3. The molecule has 0 aliphatic heterocycles. The van der Waals surface area contributed by atoms with E-state index in [9.17, 15) is 13.2 Å². The van der Waals surface area contributed by atoms with Gasteiger partial charge in [-0.25, -0.2) is 13.4 Å². The van der Waals surface area contributed by atoms with Crippen LogP contribution < -0.4 is 0 Å². The zero-order chi connectivity index (χ0) is 20.1. The Kier molecular flexibility index (Phi) is 6.31. The number of aryl methyl sites for hydroxylation is 2. The molecule has 146 valence electrons. The third kappa shape index (κ3) is 5.30. The summed E-state index contributed by atoms with van der Waals surface area (Å²) in [6.45, 7) is 1.65. The van der Waals surface area contributed by atoms with Gasteiger partial charge in [-0.1, -0.05) is 54.1 Å². The van der Waals surface area contributed by atoms with Crippen molar-refractivity contribution in [1.29, 1.82) is 0 Å². The van der Waals surface area contributed by atoms with Crippen molar-refractivity contribution in [2.75, 3.05) is 5.75 Å². The molecule has 3 aromatic rings. The van der Waals surface area contributed by atoms with Crippen molar-refractivity contribution in [3.63, 3.8) is 0 Å². The van der Waals surface area contributed by atoms with Crippen LogP contribution in [0.1, 0.15) is 23.4 Å². The predicted molar refractivity (Wildman–Crippen MR) is 109 cm³/mol. The van der Waals surface area contributed by atoms with E-state index in [1.54, 1.807) is 31.2 Å². The first kappa shape index (κ1) is 20.3. The molecule has 0 N–H and O–H groups in total. The molecule has 1 aromatic heterocycles. The number of Topliss-reactive ketones (excluding diaryl/α,β-unsaturated/α-hetero) is 1. The SMILES string of the molecule is Cc1oc(-c2ccccc2Cl)nc1CS(=O)(=O)CC(=O)CCc1ccccc1. The fraction of sp³-hybridized carbons (Fsp3) is 0.238. The lowest BCUT2D eigenvalue weighted by atomic mass is 10.1.